The average molecular weight is 232 g/mol. The Bertz CT molecular complexity index is 543. The highest BCUT2D eigenvalue weighted by Crippen LogP contribution is 2.19. The number of carbonyl (C=O) groups excluding carboxylic acids is 1. The van der Waals surface area contributed by atoms with Crippen LogP contribution < -0.4 is 0 Å². The molecule has 2 heterocycles. The van der Waals surface area contributed by atoms with Crippen molar-refractivity contribution in [3.8, 4) is 11.3 Å². The van der Waals surface area contributed by atoms with Crippen molar-refractivity contribution in [1.82, 2.24) is 9.97 Å². The number of aromatic nitrogens is 2. The van der Waals surface area contributed by atoms with E-state index in [0.29, 0.717) is 5.56 Å². The van der Waals surface area contributed by atoms with Gasteiger partial charge in [-0.25, -0.2) is 9.18 Å². The fourth-order valence-corrected chi connectivity index (χ4v) is 1.38. The molecular weight excluding hydrogens is 223 g/mol. The topological polar surface area (TPSA) is 52.1 Å². The van der Waals surface area contributed by atoms with Crippen LogP contribution in [0.4, 0.5) is 4.39 Å². The summed E-state index contributed by atoms with van der Waals surface area (Å²) >= 11 is 0. The Morgan fingerprint density at radius 2 is 2.24 bits per heavy atom. The first-order valence-corrected chi connectivity index (χ1v) is 4.86. The molecular formula is C12H9FN2O2. The molecule has 0 radical (unpaired) electrons. The Hall–Kier alpha value is -2.30. The van der Waals surface area contributed by atoms with Crippen LogP contribution in [0.5, 0.6) is 0 Å². The second-order valence-electron chi connectivity index (χ2n) is 3.29. The largest absolute Gasteiger partial charge is 0.465 e. The van der Waals surface area contributed by atoms with Gasteiger partial charge in [-0.05, 0) is 18.2 Å². The van der Waals surface area contributed by atoms with Crippen LogP contribution in [0.15, 0.2) is 36.8 Å². The summed E-state index contributed by atoms with van der Waals surface area (Å²) in [5, 5.41) is 0. The summed E-state index contributed by atoms with van der Waals surface area (Å²) in [5.41, 5.74) is 0.796. The van der Waals surface area contributed by atoms with E-state index in [4.69, 9.17) is 0 Å². The van der Waals surface area contributed by atoms with Gasteiger partial charge < -0.3 is 4.74 Å². The minimum absolute atomic E-state index is 0.0811. The van der Waals surface area contributed by atoms with Gasteiger partial charge in [-0.15, -0.1) is 0 Å². The molecule has 2 aromatic heterocycles. The molecule has 0 amide bonds. The molecule has 0 aromatic carbocycles. The van der Waals surface area contributed by atoms with Crippen LogP contribution in [0.1, 0.15) is 10.4 Å². The molecule has 4 nitrogen and oxygen atoms in total. The van der Waals surface area contributed by atoms with E-state index in [-0.39, 0.29) is 11.3 Å². The standard InChI is InChI=1S/C12H9FN2O2/c1-17-12(16)9-5-10(13)11(15-7-9)8-3-2-4-14-6-8/h2-7H,1H3. The molecule has 0 saturated carbocycles. The van der Waals surface area contributed by atoms with Gasteiger partial charge in [0.1, 0.15) is 11.5 Å². The number of hydrogen-bond acceptors (Lipinski definition) is 4. The lowest BCUT2D eigenvalue weighted by Crippen LogP contribution is -2.03. The minimum Gasteiger partial charge on any atom is -0.465 e. The van der Waals surface area contributed by atoms with Crippen LogP contribution in [0, 0.1) is 5.82 Å². The van der Waals surface area contributed by atoms with E-state index in [1.165, 1.54) is 19.5 Å². The molecule has 2 aromatic rings. The van der Waals surface area contributed by atoms with Crippen LogP contribution in [-0.4, -0.2) is 23.0 Å². The summed E-state index contributed by atoms with van der Waals surface area (Å²) < 4.78 is 18.2. The van der Waals surface area contributed by atoms with Gasteiger partial charge >= 0.3 is 5.97 Å². The third kappa shape index (κ3) is 2.28. The zero-order valence-corrected chi connectivity index (χ0v) is 9.05. The highest BCUT2D eigenvalue weighted by Gasteiger charge is 2.12. The van der Waals surface area contributed by atoms with Crippen molar-refractivity contribution < 1.29 is 13.9 Å². The highest BCUT2D eigenvalue weighted by molar-refractivity contribution is 5.89. The minimum atomic E-state index is -0.617. The summed E-state index contributed by atoms with van der Waals surface area (Å²) in [7, 11) is 1.23. The van der Waals surface area contributed by atoms with Crippen molar-refractivity contribution in [3.63, 3.8) is 0 Å². The lowest BCUT2D eigenvalue weighted by Gasteiger charge is -2.03. The van der Waals surface area contributed by atoms with Gasteiger partial charge in [0.2, 0.25) is 0 Å². The van der Waals surface area contributed by atoms with E-state index < -0.39 is 11.8 Å². The first-order chi connectivity index (χ1) is 8.22. The van der Waals surface area contributed by atoms with Gasteiger partial charge in [0.05, 0.1) is 12.7 Å². The van der Waals surface area contributed by atoms with Crippen molar-refractivity contribution in [3.05, 3.63) is 48.2 Å². The third-order valence-electron chi connectivity index (χ3n) is 2.20. The third-order valence-corrected chi connectivity index (χ3v) is 2.20. The zero-order chi connectivity index (χ0) is 12.3. The van der Waals surface area contributed by atoms with E-state index in [2.05, 4.69) is 14.7 Å². The van der Waals surface area contributed by atoms with E-state index in [1.54, 1.807) is 18.3 Å². The lowest BCUT2D eigenvalue weighted by atomic mass is 10.1. The maximum atomic E-state index is 13.7. The Morgan fingerprint density at radius 3 is 2.82 bits per heavy atom. The molecule has 0 aliphatic heterocycles. The zero-order valence-electron chi connectivity index (χ0n) is 9.05. The Balaban J connectivity index is 2.42. The van der Waals surface area contributed by atoms with Crippen molar-refractivity contribution in [1.29, 1.82) is 0 Å². The molecule has 0 fully saturated rings. The second kappa shape index (κ2) is 4.69. The molecule has 0 aliphatic rings. The quantitative estimate of drug-likeness (QED) is 0.744. The molecule has 5 heteroatoms. The second-order valence-corrected chi connectivity index (χ2v) is 3.29. The predicted octanol–water partition coefficient (Wildman–Crippen LogP) is 2.07. The number of ether oxygens (including phenoxy) is 1. The number of methoxy groups -OCH3 is 1. The van der Waals surface area contributed by atoms with Crippen molar-refractivity contribution in [2.24, 2.45) is 0 Å². The number of nitrogens with zero attached hydrogens (tertiary/aromatic N) is 2. The highest BCUT2D eigenvalue weighted by atomic mass is 19.1. The number of esters is 1. The van der Waals surface area contributed by atoms with Crippen LogP contribution in [0.2, 0.25) is 0 Å². The predicted molar refractivity (Wildman–Crippen MR) is 58.8 cm³/mol. The summed E-state index contributed by atoms with van der Waals surface area (Å²) in [6, 6.07) is 4.47. The van der Waals surface area contributed by atoms with Gasteiger partial charge in [-0.3, -0.25) is 9.97 Å². The van der Waals surface area contributed by atoms with E-state index in [9.17, 15) is 9.18 Å². The molecule has 0 saturated heterocycles. The van der Waals surface area contributed by atoms with Gasteiger partial charge in [-0.2, -0.15) is 0 Å². The summed E-state index contributed by atoms with van der Waals surface area (Å²) in [4.78, 5) is 19.0. The normalized spacial score (nSPS) is 10.0. The average Bonchev–Trinajstić information content (AvgIpc) is 2.38. The van der Waals surface area contributed by atoms with E-state index in [0.717, 1.165) is 6.07 Å². The maximum Gasteiger partial charge on any atom is 0.339 e. The number of hydrogen-bond donors (Lipinski definition) is 0. The van der Waals surface area contributed by atoms with Crippen LogP contribution in [0.3, 0.4) is 0 Å². The first-order valence-electron chi connectivity index (χ1n) is 4.86. The Kier molecular flexibility index (Phi) is 3.09. The summed E-state index contributed by atoms with van der Waals surface area (Å²) in [6.07, 6.45) is 4.37. The summed E-state index contributed by atoms with van der Waals surface area (Å²) in [5.74, 6) is -1.20. The molecule has 0 atom stereocenters. The molecule has 0 bridgehead atoms. The number of pyridine rings is 2. The lowest BCUT2D eigenvalue weighted by molar-refractivity contribution is 0.0599. The monoisotopic (exact) mass is 232 g/mol. The molecule has 2 rings (SSSR count). The van der Waals surface area contributed by atoms with Crippen LogP contribution >= 0.6 is 0 Å². The fraction of sp³-hybridized carbons (Fsp3) is 0.0833. The number of rotatable bonds is 2. The van der Waals surface area contributed by atoms with Crippen molar-refractivity contribution in [2.75, 3.05) is 7.11 Å². The Labute approximate surface area is 97.1 Å². The molecule has 17 heavy (non-hydrogen) atoms. The van der Waals surface area contributed by atoms with Gasteiger partial charge in [-0.1, -0.05) is 0 Å². The van der Waals surface area contributed by atoms with Crippen LogP contribution in [0.25, 0.3) is 11.3 Å². The van der Waals surface area contributed by atoms with Gasteiger partial charge in [0, 0.05) is 24.2 Å². The molecule has 0 spiro atoms. The summed E-state index contributed by atoms with van der Waals surface area (Å²) in [6.45, 7) is 0. The first kappa shape index (κ1) is 11.2. The fourth-order valence-electron chi connectivity index (χ4n) is 1.38. The number of carbonyl (C=O) groups is 1. The molecule has 0 aliphatic carbocycles. The Morgan fingerprint density at radius 1 is 1.41 bits per heavy atom. The van der Waals surface area contributed by atoms with Gasteiger partial charge in [0.15, 0.2) is 0 Å². The van der Waals surface area contributed by atoms with Crippen molar-refractivity contribution >= 4 is 5.97 Å². The van der Waals surface area contributed by atoms with Crippen LogP contribution in [-0.2, 0) is 4.74 Å². The van der Waals surface area contributed by atoms with E-state index >= 15 is 0 Å². The van der Waals surface area contributed by atoms with E-state index in [1.807, 2.05) is 0 Å². The van der Waals surface area contributed by atoms with Gasteiger partial charge in [0.25, 0.3) is 0 Å². The SMILES string of the molecule is COC(=O)c1cnc(-c2cccnc2)c(F)c1. The molecule has 0 N–H and O–H groups in total. The van der Waals surface area contributed by atoms with Crippen molar-refractivity contribution in [2.45, 2.75) is 0 Å². The number of halogens is 1. The molecule has 0 unspecified atom stereocenters. The smallest absolute Gasteiger partial charge is 0.339 e. The molecule has 86 valence electrons. The maximum absolute atomic E-state index is 13.7.